The fourth-order valence-corrected chi connectivity index (χ4v) is 1.60. The quantitative estimate of drug-likeness (QED) is 0.704. The third-order valence-electron chi connectivity index (χ3n) is 2.33. The first-order chi connectivity index (χ1) is 6.27. The Morgan fingerprint density at radius 2 is 2.46 bits per heavy atom. The van der Waals surface area contributed by atoms with Crippen LogP contribution in [0.25, 0.3) is 0 Å². The molecule has 0 fully saturated rings. The molecule has 0 aromatic carbocycles. The molecule has 3 nitrogen and oxygen atoms in total. The number of nitrogens with zero attached hydrogens (tertiary/aromatic N) is 2. The van der Waals surface area contributed by atoms with E-state index in [2.05, 4.69) is 18.0 Å². The van der Waals surface area contributed by atoms with Crippen LogP contribution in [-0.4, -0.2) is 9.55 Å². The number of imidazole rings is 1. The minimum atomic E-state index is 0.256. The third-order valence-corrected chi connectivity index (χ3v) is 2.33. The average Bonchev–Trinajstić information content (AvgIpc) is 2.56. The highest BCUT2D eigenvalue weighted by atomic mass is 15.1. The van der Waals surface area contributed by atoms with Crippen LogP contribution in [0.2, 0.25) is 0 Å². The SMILES string of the molecule is CC1=CCC(n2ccnc2)C(N)=C1. The second kappa shape index (κ2) is 3.09. The van der Waals surface area contributed by atoms with Crippen LogP contribution in [0.15, 0.2) is 42.1 Å². The molecular weight excluding hydrogens is 162 g/mol. The molecule has 3 heteroatoms. The van der Waals surface area contributed by atoms with Crippen molar-refractivity contribution in [3.05, 3.63) is 42.1 Å². The molecule has 0 amide bonds. The van der Waals surface area contributed by atoms with E-state index in [1.807, 2.05) is 16.8 Å². The van der Waals surface area contributed by atoms with Crippen molar-refractivity contribution in [3.63, 3.8) is 0 Å². The Morgan fingerprint density at radius 3 is 3.08 bits per heavy atom. The van der Waals surface area contributed by atoms with Crippen molar-refractivity contribution < 1.29 is 0 Å². The first-order valence-electron chi connectivity index (χ1n) is 4.38. The summed E-state index contributed by atoms with van der Waals surface area (Å²) in [7, 11) is 0. The van der Waals surface area contributed by atoms with Gasteiger partial charge >= 0.3 is 0 Å². The Hall–Kier alpha value is -1.51. The third kappa shape index (κ3) is 1.49. The standard InChI is InChI=1S/C10H13N3/c1-8-2-3-10(9(11)6-8)13-5-4-12-7-13/h2,4-7,10H,3,11H2,1H3. The molecular formula is C10H13N3. The van der Waals surface area contributed by atoms with Gasteiger partial charge in [-0.25, -0.2) is 4.98 Å². The zero-order valence-electron chi connectivity index (χ0n) is 7.64. The molecule has 1 unspecified atom stereocenters. The fraction of sp³-hybridized carbons (Fsp3) is 0.300. The van der Waals surface area contributed by atoms with Crippen LogP contribution >= 0.6 is 0 Å². The zero-order chi connectivity index (χ0) is 9.26. The lowest BCUT2D eigenvalue weighted by atomic mass is 10.0. The Balaban J connectivity index is 2.26. The van der Waals surface area contributed by atoms with Crippen molar-refractivity contribution in [2.75, 3.05) is 0 Å². The molecule has 0 radical (unpaired) electrons. The van der Waals surface area contributed by atoms with Crippen LogP contribution < -0.4 is 5.73 Å². The summed E-state index contributed by atoms with van der Waals surface area (Å²) < 4.78 is 2.04. The van der Waals surface area contributed by atoms with Gasteiger partial charge in [0, 0.05) is 18.1 Å². The maximum Gasteiger partial charge on any atom is 0.0952 e. The maximum atomic E-state index is 5.93. The molecule has 13 heavy (non-hydrogen) atoms. The lowest BCUT2D eigenvalue weighted by molar-refractivity contribution is 0.566. The van der Waals surface area contributed by atoms with E-state index in [0.29, 0.717) is 0 Å². The highest BCUT2D eigenvalue weighted by molar-refractivity contribution is 5.27. The van der Waals surface area contributed by atoms with Gasteiger partial charge in [-0.2, -0.15) is 0 Å². The molecule has 0 saturated heterocycles. The Morgan fingerprint density at radius 1 is 1.62 bits per heavy atom. The molecule has 0 saturated carbocycles. The molecule has 2 N–H and O–H groups in total. The summed E-state index contributed by atoms with van der Waals surface area (Å²) in [5, 5.41) is 0. The van der Waals surface area contributed by atoms with E-state index in [4.69, 9.17) is 5.73 Å². The number of nitrogens with two attached hydrogens (primary N) is 1. The number of allylic oxidation sites excluding steroid dienone is 4. The van der Waals surface area contributed by atoms with E-state index in [-0.39, 0.29) is 6.04 Å². The minimum Gasteiger partial charge on any atom is -0.400 e. The van der Waals surface area contributed by atoms with Crippen molar-refractivity contribution in [1.82, 2.24) is 9.55 Å². The Bertz CT molecular complexity index is 346. The van der Waals surface area contributed by atoms with Crippen LogP contribution in [0.4, 0.5) is 0 Å². The highest BCUT2D eigenvalue weighted by Crippen LogP contribution is 2.24. The largest absolute Gasteiger partial charge is 0.400 e. The number of aromatic nitrogens is 2. The van der Waals surface area contributed by atoms with Crippen LogP contribution in [0.5, 0.6) is 0 Å². The van der Waals surface area contributed by atoms with E-state index in [9.17, 15) is 0 Å². The van der Waals surface area contributed by atoms with Gasteiger partial charge in [-0.3, -0.25) is 0 Å². The van der Waals surface area contributed by atoms with Crippen molar-refractivity contribution in [2.45, 2.75) is 19.4 Å². The van der Waals surface area contributed by atoms with Gasteiger partial charge in [0.2, 0.25) is 0 Å². The normalized spacial score (nSPS) is 22.4. The summed E-state index contributed by atoms with van der Waals surface area (Å²) in [6.07, 6.45) is 10.7. The van der Waals surface area contributed by atoms with Gasteiger partial charge in [0.1, 0.15) is 0 Å². The van der Waals surface area contributed by atoms with Gasteiger partial charge < -0.3 is 10.3 Å². The smallest absolute Gasteiger partial charge is 0.0952 e. The summed E-state index contributed by atoms with van der Waals surface area (Å²) in [4.78, 5) is 4.01. The van der Waals surface area contributed by atoms with Crippen molar-refractivity contribution in [2.24, 2.45) is 5.73 Å². The predicted molar refractivity (Wildman–Crippen MR) is 51.9 cm³/mol. The lowest BCUT2D eigenvalue weighted by Crippen LogP contribution is -2.17. The van der Waals surface area contributed by atoms with Gasteiger partial charge in [-0.15, -0.1) is 0 Å². The molecule has 0 aliphatic heterocycles. The van der Waals surface area contributed by atoms with Gasteiger partial charge in [-0.05, 0) is 19.4 Å². The van der Waals surface area contributed by atoms with E-state index >= 15 is 0 Å². The first-order valence-corrected chi connectivity index (χ1v) is 4.38. The Kier molecular flexibility index (Phi) is 1.93. The monoisotopic (exact) mass is 175 g/mol. The molecule has 1 aromatic heterocycles. The molecule has 0 bridgehead atoms. The van der Waals surface area contributed by atoms with Crippen LogP contribution in [-0.2, 0) is 0 Å². The number of rotatable bonds is 1. The zero-order valence-corrected chi connectivity index (χ0v) is 7.64. The molecule has 1 aromatic rings. The van der Waals surface area contributed by atoms with Gasteiger partial charge in [0.05, 0.1) is 12.4 Å². The molecule has 1 heterocycles. The lowest BCUT2D eigenvalue weighted by Gasteiger charge is -2.21. The summed E-state index contributed by atoms with van der Waals surface area (Å²) in [5.41, 5.74) is 8.09. The van der Waals surface area contributed by atoms with E-state index in [1.165, 1.54) is 5.57 Å². The van der Waals surface area contributed by atoms with Crippen molar-refractivity contribution >= 4 is 0 Å². The predicted octanol–water partition coefficient (Wildman–Crippen LogP) is 1.62. The molecule has 1 aliphatic rings. The van der Waals surface area contributed by atoms with E-state index in [1.54, 1.807) is 12.5 Å². The van der Waals surface area contributed by atoms with Gasteiger partial charge in [0.15, 0.2) is 0 Å². The average molecular weight is 175 g/mol. The minimum absolute atomic E-state index is 0.256. The second-order valence-electron chi connectivity index (χ2n) is 3.35. The fourth-order valence-electron chi connectivity index (χ4n) is 1.60. The maximum absolute atomic E-state index is 5.93. The number of hydrogen-bond acceptors (Lipinski definition) is 2. The number of hydrogen-bond donors (Lipinski definition) is 1. The molecule has 1 atom stereocenters. The van der Waals surface area contributed by atoms with Gasteiger partial charge in [-0.1, -0.05) is 11.6 Å². The molecule has 68 valence electrons. The second-order valence-corrected chi connectivity index (χ2v) is 3.35. The van der Waals surface area contributed by atoms with Crippen LogP contribution in [0.3, 0.4) is 0 Å². The molecule has 0 spiro atoms. The molecule has 2 rings (SSSR count). The summed E-state index contributed by atoms with van der Waals surface area (Å²) in [6, 6.07) is 0.256. The summed E-state index contributed by atoms with van der Waals surface area (Å²) in [5.74, 6) is 0. The topological polar surface area (TPSA) is 43.8 Å². The van der Waals surface area contributed by atoms with E-state index < -0.39 is 0 Å². The first kappa shape index (κ1) is 8.10. The van der Waals surface area contributed by atoms with Gasteiger partial charge in [0.25, 0.3) is 0 Å². The van der Waals surface area contributed by atoms with E-state index in [0.717, 1.165) is 12.1 Å². The van der Waals surface area contributed by atoms with Crippen LogP contribution in [0.1, 0.15) is 19.4 Å². The van der Waals surface area contributed by atoms with Crippen molar-refractivity contribution in [1.29, 1.82) is 0 Å². The Labute approximate surface area is 77.6 Å². The molecule has 1 aliphatic carbocycles. The highest BCUT2D eigenvalue weighted by Gasteiger charge is 2.14. The summed E-state index contributed by atoms with van der Waals surface area (Å²) in [6.45, 7) is 2.07. The van der Waals surface area contributed by atoms with Crippen molar-refractivity contribution in [3.8, 4) is 0 Å². The van der Waals surface area contributed by atoms with Crippen LogP contribution in [0, 0.1) is 0 Å². The summed E-state index contributed by atoms with van der Waals surface area (Å²) >= 11 is 0.